The Kier molecular flexibility index (Phi) is 8.79. The van der Waals surface area contributed by atoms with Crippen LogP contribution >= 0.6 is 11.6 Å². The maximum absolute atomic E-state index is 14.4. The largest absolute Gasteiger partial charge is 0.464 e. The second-order valence-corrected chi connectivity index (χ2v) is 13.5. The summed E-state index contributed by atoms with van der Waals surface area (Å²) in [4.78, 5) is 41.2. The molecule has 0 unspecified atom stereocenters. The number of rotatable bonds is 8. The van der Waals surface area contributed by atoms with Crippen LogP contribution in [0.25, 0.3) is 22.1 Å². The Morgan fingerprint density at radius 3 is 2.57 bits per heavy atom. The Morgan fingerprint density at radius 1 is 1.00 bits per heavy atom. The van der Waals surface area contributed by atoms with Crippen molar-refractivity contribution in [2.75, 3.05) is 0 Å². The molecule has 0 spiro atoms. The van der Waals surface area contributed by atoms with Gasteiger partial charge in [0.1, 0.15) is 23.0 Å². The minimum Gasteiger partial charge on any atom is -0.464 e. The Hall–Kier alpha value is -4.37. The number of likely N-dealkylation sites (tertiary alicyclic amines) is 1. The number of fused-ring (bicyclic) bond motifs is 2. The lowest BCUT2D eigenvalue weighted by molar-refractivity contribution is -0.141. The third-order valence-corrected chi connectivity index (χ3v) is 9.00. The molecule has 46 heavy (non-hydrogen) atoms. The van der Waals surface area contributed by atoms with Gasteiger partial charge in [-0.3, -0.25) is 9.59 Å². The van der Waals surface area contributed by atoms with E-state index in [2.05, 4.69) is 10.6 Å². The zero-order valence-corrected chi connectivity index (χ0v) is 26.8. The van der Waals surface area contributed by atoms with E-state index in [4.69, 9.17) is 20.8 Å². The fraction of sp³-hybridized carbons (Fsp3) is 0.361. The molecule has 1 saturated carbocycles. The lowest BCUT2D eigenvalue weighted by Gasteiger charge is -2.37. The normalized spacial score (nSPS) is 19.0. The van der Waals surface area contributed by atoms with Gasteiger partial charge in [0.15, 0.2) is 0 Å². The third-order valence-electron chi connectivity index (χ3n) is 8.71. The molecule has 2 N–H and O–H groups in total. The Balaban J connectivity index is 1.19. The molecule has 3 aromatic carbocycles. The second kappa shape index (κ2) is 12.8. The lowest BCUT2D eigenvalue weighted by atomic mass is 9.80. The molecule has 10 heteroatoms. The van der Waals surface area contributed by atoms with Crippen LogP contribution in [-0.2, 0) is 33.8 Å². The summed E-state index contributed by atoms with van der Waals surface area (Å²) < 4.78 is 25.6. The second-order valence-electron chi connectivity index (χ2n) is 13.1. The van der Waals surface area contributed by atoms with Crippen LogP contribution in [0.4, 0.5) is 9.18 Å². The summed E-state index contributed by atoms with van der Waals surface area (Å²) in [6.45, 7) is 5.72. The Labute approximate surface area is 272 Å². The van der Waals surface area contributed by atoms with Crippen LogP contribution in [0.3, 0.4) is 0 Å². The van der Waals surface area contributed by atoms with E-state index >= 15 is 0 Å². The van der Waals surface area contributed by atoms with Crippen molar-refractivity contribution in [2.24, 2.45) is 5.92 Å². The fourth-order valence-corrected chi connectivity index (χ4v) is 6.66. The first-order valence-corrected chi connectivity index (χ1v) is 15.9. The number of alkyl carbamates (subject to hydrolysis) is 1. The molecule has 240 valence electrons. The van der Waals surface area contributed by atoms with E-state index in [0.717, 1.165) is 40.5 Å². The van der Waals surface area contributed by atoms with Crippen LogP contribution in [0.5, 0.6) is 0 Å². The summed E-state index contributed by atoms with van der Waals surface area (Å²) in [7, 11) is 0. The molecule has 1 aromatic heterocycles. The number of halogens is 2. The molecular weight excluding hydrogens is 609 g/mol. The van der Waals surface area contributed by atoms with Gasteiger partial charge in [-0.2, -0.15) is 0 Å². The first-order chi connectivity index (χ1) is 22.0. The molecule has 2 aliphatic rings. The molecule has 0 radical (unpaired) electrons. The van der Waals surface area contributed by atoms with Gasteiger partial charge in [-0.25, -0.2) is 9.18 Å². The minimum atomic E-state index is -0.612. The summed E-state index contributed by atoms with van der Waals surface area (Å²) in [5.74, 6) is -0.680. The molecule has 1 saturated heterocycles. The number of carbonyl (C=O) groups excluding carboxylic acids is 3. The predicted molar refractivity (Wildman–Crippen MR) is 173 cm³/mol. The van der Waals surface area contributed by atoms with E-state index in [1.165, 1.54) is 6.07 Å². The quantitative estimate of drug-likeness (QED) is 0.212. The Bertz CT molecular complexity index is 1800. The monoisotopic (exact) mass is 645 g/mol. The van der Waals surface area contributed by atoms with E-state index in [1.54, 1.807) is 23.3 Å². The van der Waals surface area contributed by atoms with Gasteiger partial charge in [-0.05, 0) is 93.0 Å². The summed E-state index contributed by atoms with van der Waals surface area (Å²) in [6, 6.07) is 17.6. The number of hydrogen-bond donors (Lipinski definition) is 2. The van der Waals surface area contributed by atoms with Crippen molar-refractivity contribution in [1.82, 2.24) is 15.5 Å². The van der Waals surface area contributed by atoms with Gasteiger partial charge >= 0.3 is 6.09 Å². The highest BCUT2D eigenvalue weighted by Crippen LogP contribution is 2.44. The number of carbonyl (C=O) groups is 3. The number of nitrogens with one attached hydrogen (secondary N) is 2. The van der Waals surface area contributed by atoms with Crippen molar-refractivity contribution >= 4 is 40.5 Å². The highest BCUT2D eigenvalue weighted by atomic mass is 35.5. The highest BCUT2D eigenvalue weighted by Gasteiger charge is 2.50. The number of furan rings is 1. The number of ether oxygens (including phenoxy) is 1. The molecule has 6 rings (SSSR count). The SMILES string of the molecule is CC(C)(C)OC(=O)NCc1cccc(-c2cc(CC(=O)N3[C@@H]4CC[C@@H]4C[C@H]3C(=O)NCc3cccc(Cl)c3F)cc3ccoc23)c1. The number of benzene rings is 3. The molecule has 2 fully saturated rings. The van der Waals surface area contributed by atoms with E-state index < -0.39 is 23.6 Å². The summed E-state index contributed by atoms with van der Waals surface area (Å²) in [5.41, 5.74) is 3.78. The van der Waals surface area contributed by atoms with Crippen molar-refractivity contribution in [1.29, 1.82) is 0 Å². The van der Waals surface area contributed by atoms with Crippen LogP contribution in [0.1, 0.15) is 56.7 Å². The summed E-state index contributed by atoms with van der Waals surface area (Å²) >= 11 is 5.91. The van der Waals surface area contributed by atoms with Crippen LogP contribution < -0.4 is 10.6 Å². The van der Waals surface area contributed by atoms with Crippen molar-refractivity contribution in [3.63, 3.8) is 0 Å². The standard InChI is InChI=1S/C36H37ClFN3O5/c1-36(2,3)46-35(44)40-19-21-6-4-7-23(14-21)27-16-22(15-25-12-13-45-33(25)27)17-31(42)41-29-11-10-24(29)18-30(41)34(43)39-20-26-8-5-9-28(37)32(26)38/h4-9,12-16,24,29-30H,10-11,17-20H2,1-3H3,(H,39,43)(H,40,44)/t24-,29-,30+/m1/s1. The molecule has 1 aliphatic carbocycles. The first kappa shape index (κ1) is 31.6. The Morgan fingerprint density at radius 2 is 1.80 bits per heavy atom. The molecule has 4 aromatic rings. The highest BCUT2D eigenvalue weighted by molar-refractivity contribution is 6.30. The van der Waals surface area contributed by atoms with Gasteiger partial charge in [0.2, 0.25) is 11.8 Å². The van der Waals surface area contributed by atoms with Gasteiger partial charge in [0, 0.05) is 35.6 Å². The topological polar surface area (TPSA) is 101 Å². The van der Waals surface area contributed by atoms with Crippen molar-refractivity contribution in [3.8, 4) is 11.1 Å². The van der Waals surface area contributed by atoms with Gasteiger partial charge < -0.3 is 24.7 Å². The fourth-order valence-electron chi connectivity index (χ4n) is 6.47. The van der Waals surface area contributed by atoms with Crippen molar-refractivity contribution in [2.45, 2.75) is 77.2 Å². The van der Waals surface area contributed by atoms with E-state index in [0.29, 0.717) is 17.6 Å². The molecule has 2 heterocycles. The molecular formula is C36H37ClFN3O5. The minimum absolute atomic E-state index is 0.000572. The van der Waals surface area contributed by atoms with Crippen LogP contribution in [0, 0.1) is 11.7 Å². The maximum atomic E-state index is 14.4. The van der Waals surface area contributed by atoms with E-state index in [-0.39, 0.29) is 48.3 Å². The maximum Gasteiger partial charge on any atom is 0.407 e. The lowest BCUT2D eigenvalue weighted by Crippen LogP contribution is -2.51. The van der Waals surface area contributed by atoms with Gasteiger partial charge in [0.25, 0.3) is 0 Å². The molecule has 1 aliphatic heterocycles. The average molecular weight is 646 g/mol. The predicted octanol–water partition coefficient (Wildman–Crippen LogP) is 7.16. The van der Waals surface area contributed by atoms with Crippen LogP contribution in [0.2, 0.25) is 5.02 Å². The van der Waals surface area contributed by atoms with E-state index in [1.807, 2.05) is 63.2 Å². The number of nitrogens with zero attached hydrogens (tertiary/aromatic N) is 1. The van der Waals surface area contributed by atoms with Gasteiger partial charge in [0.05, 0.1) is 17.7 Å². The summed E-state index contributed by atoms with van der Waals surface area (Å²) in [6.07, 6.45) is 3.67. The molecule has 3 amide bonds. The first-order valence-electron chi connectivity index (χ1n) is 15.5. The zero-order chi connectivity index (χ0) is 32.6. The van der Waals surface area contributed by atoms with Crippen LogP contribution in [0.15, 0.2) is 71.3 Å². The number of amides is 3. The van der Waals surface area contributed by atoms with Crippen LogP contribution in [-0.4, -0.2) is 40.5 Å². The average Bonchev–Trinajstić information content (AvgIpc) is 3.57. The summed E-state index contributed by atoms with van der Waals surface area (Å²) in [5, 5.41) is 6.49. The van der Waals surface area contributed by atoms with Crippen molar-refractivity contribution < 1.29 is 27.9 Å². The van der Waals surface area contributed by atoms with Gasteiger partial charge in [-0.1, -0.05) is 41.9 Å². The number of hydrogen-bond acceptors (Lipinski definition) is 5. The molecule has 8 nitrogen and oxygen atoms in total. The van der Waals surface area contributed by atoms with Crippen molar-refractivity contribution in [3.05, 3.63) is 94.5 Å². The van der Waals surface area contributed by atoms with E-state index in [9.17, 15) is 18.8 Å². The smallest absolute Gasteiger partial charge is 0.407 e. The third kappa shape index (κ3) is 6.75. The zero-order valence-electron chi connectivity index (χ0n) is 26.1. The van der Waals surface area contributed by atoms with Gasteiger partial charge in [-0.15, -0.1) is 0 Å². The molecule has 0 bridgehead atoms. The molecule has 3 atom stereocenters.